The number of aromatic hydroxyl groups is 1. The van der Waals surface area contributed by atoms with Crippen LogP contribution in [0.4, 0.5) is 0 Å². The van der Waals surface area contributed by atoms with Gasteiger partial charge in [0, 0.05) is 6.07 Å². The molecule has 3 rings (SSSR count). The topological polar surface area (TPSA) is 74.8 Å². The quantitative estimate of drug-likeness (QED) is 0.539. The summed E-state index contributed by atoms with van der Waals surface area (Å²) < 4.78 is 6.22. The predicted molar refractivity (Wildman–Crippen MR) is 91.8 cm³/mol. The van der Waals surface area contributed by atoms with E-state index >= 15 is 0 Å². The Kier molecular flexibility index (Phi) is 4.16. The van der Waals surface area contributed by atoms with Gasteiger partial charge in [-0.15, -0.1) is 0 Å². The van der Waals surface area contributed by atoms with Crippen molar-refractivity contribution in [2.24, 2.45) is 5.10 Å². The van der Waals surface area contributed by atoms with Crippen molar-refractivity contribution in [2.75, 3.05) is 0 Å². The van der Waals surface area contributed by atoms with Gasteiger partial charge < -0.3 is 9.52 Å². The molecule has 0 aliphatic rings. The number of halogens is 1. The molecular formula is C17H13BrN2O3. The summed E-state index contributed by atoms with van der Waals surface area (Å²) >= 11 is 3.33. The van der Waals surface area contributed by atoms with Gasteiger partial charge in [-0.1, -0.05) is 24.3 Å². The van der Waals surface area contributed by atoms with Crippen molar-refractivity contribution in [1.82, 2.24) is 5.43 Å². The molecule has 0 aliphatic heterocycles. The minimum absolute atomic E-state index is 0.0898. The zero-order chi connectivity index (χ0) is 16.4. The van der Waals surface area contributed by atoms with Crippen LogP contribution >= 0.6 is 15.9 Å². The third-order valence-corrected chi connectivity index (χ3v) is 4.13. The number of benzene rings is 2. The number of carbonyl (C=O) groups is 1. The highest BCUT2D eigenvalue weighted by Crippen LogP contribution is 2.25. The third-order valence-electron chi connectivity index (χ3n) is 3.34. The number of nitrogens with one attached hydrogen (secondary N) is 1. The molecule has 0 fully saturated rings. The molecule has 0 aliphatic carbocycles. The number of hydrogen-bond acceptors (Lipinski definition) is 4. The average Bonchev–Trinajstić information content (AvgIpc) is 2.84. The fourth-order valence-electron chi connectivity index (χ4n) is 2.17. The lowest BCUT2D eigenvalue weighted by molar-refractivity contribution is 0.0952. The van der Waals surface area contributed by atoms with Gasteiger partial charge in [-0.25, -0.2) is 5.43 Å². The van der Waals surface area contributed by atoms with Crippen molar-refractivity contribution in [3.63, 3.8) is 0 Å². The third kappa shape index (κ3) is 3.27. The Morgan fingerprint density at radius 1 is 1.26 bits per heavy atom. The normalized spacial score (nSPS) is 11.2. The number of phenols is 1. The number of hydrogen-bond donors (Lipinski definition) is 2. The largest absolute Gasteiger partial charge is 0.507 e. The number of furan rings is 1. The van der Waals surface area contributed by atoms with Crippen molar-refractivity contribution in [3.05, 3.63) is 64.0 Å². The Balaban J connectivity index is 1.79. The molecule has 0 atom stereocenters. The molecular weight excluding hydrogens is 360 g/mol. The predicted octanol–water partition coefficient (Wildman–Crippen LogP) is 3.97. The maximum absolute atomic E-state index is 12.1. The molecule has 23 heavy (non-hydrogen) atoms. The minimum Gasteiger partial charge on any atom is -0.507 e. The number of hydrazone groups is 1. The molecule has 1 heterocycles. The molecule has 0 bridgehead atoms. The fourth-order valence-corrected chi connectivity index (χ4v) is 2.48. The van der Waals surface area contributed by atoms with Crippen molar-refractivity contribution >= 4 is 38.8 Å². The van der Waals surface area contributed by atoms with Gasteiger partial charge in [0.15, 0.2) is 0 Å². The number of carbonyl (C=O) groups excluding carboxylic acids is 1. The molecule has 1 amide bonds. The number of fused-ring (bicyclic) bond motifs is 1. The summed E-state index contributed by atoms with van der Waals surface area (Å²) in [7, 11) is 0. The molecule has 5 nitrogen and oxygen atoms in total. The zero-order valence-electron chi connectivity index (χ0n) is 12.2. The average molecular weight is 373 g/mol. The van der Waals surface area contributed by atoms with Crippen molar-refractivity contribution in [3.8, 4) is 5.75 Å². The van der Waals surface area contributed by atoms with E-state index in [1.165, 1.54) is 6.21 Å². The number of phenolic OH excluding ortho intramolecular Hbond substituents is 1. The highest BCUT2D eigenvalue weighted by atomic mass is 79.9. The van der Waals surface area contributed by atoms with Gasteiger partial charge in [-0.3, -0.25) is 4.79 Å². The first-order valence-corrected chi connectivity index (χ1v) is 7.65. The Hall–Kier alpha value is -2.60. The molecule has 1 aromatic heterocycles. The lowest BCUT2D eigenvalue weighted by atomic mass is 10.1. The van der Waals surface area contributed by atoms with Crippen LogP contribution in [0, 0.1) is 6.92 Å². The fraction of sp³-hybridized carbons (Fsp3) is 0.0588. The molecule has 0 saturated heterocycles. The van der Waals surface area contributed by atoms with Gasteiger partial charge in [-0.2, -0.15) is 5.10 Å². The number of amides is 1. The SMILES string of the molecule is Cc1oc(/C=N\NC(=O)c2cc3ccccc3cc2O)cc1Br. The van der Waals surface area contributed by atoms with Crippen LogP contribution in [0.25, 0.3) is 10.8 Å². The van der Waals surface area contributed by atoms with Crippen LogP contribution in [0.15, 0.2) is 56.5 Å². The Bertz CT molecular complexity index is 896. The van der Waals surface area contributed by atoms with Crippen LogP contribution in [-0.4, -0.2) is 17.2 Å². The molecule has 6 heteroatoms. The standard InChI is InChI=1S/C17H13BrN2O3/c1-10-15(18)8-13(23-10)9-19-20-17(22)14-6-11-4-2-3-5-12(11)7-16(14)21/h2-9,21H,1H3,(H,20,22)/b19-9-. The summed E-state index contributed by atoms with van der Waals surface area (Å²) in [5, 5.41) is 15.6. The maximum Gasteiger partial charge on any atom is 0.275 e. The van der Waals surface area contributed by atoms with Gasteiger partial charge >= 0.3 is 0 Å². The lowest BCUT2D eigenvalue weighted by Gasteiger charge is -2.05. The van der Waals surface area contributed by atoms with Crippen LogP contribution < -0.4 is 5.43 Å². The molecule has 0 spiro atoms. The number of rotatable bonds is 3. The first-order chi connectivity index (χ1) is 11.0. The maximum atomic E-state index is 12.1. The van der Waals surface area contributed by atoms with Crippen molar-refractivity contribution in [1.29, 1.82) is 0 Å². The molecule has 2 N–H and O–H groups in total. The smallest absolute Gasteiger partial charge is 0.275 e. The molecule has 0 radical (unpaired) electrons. The van der Waals surface area contributed by atoms with Gasteiger partial charge in [0.1, 0.15) is 17.3 Å². The summed E-state index contributed by atoms with van der Waals surface area (Å²) in [6, 6.07) is 12.4. The van der Waals surface area contributed by atoms with Crippen LogP contribution in [0.3, 0.4) is 0 Å². The summed E-state index contributed by atoms with van der Waals surface area (Å²) in [4.78, 5) is 12.1. The van der Waals surface area contributed by atoms with Gasteiger partial charge in [-0.05, 0) is 45.8 Å². The van der Waals surface area contributed by atoms with Crippen LogP contribution in [0.5, 0.6) is 5.75 Å². The summed E-state index contributed by atoms with van der Waals surface area (Å²) in [5.41, 5.74) is 2.54. The summed E-state index contributed by atoms with van der Waals surface area (Å²) in [6.07, 6.45) is 1.40. The van der Waals surface area contributed by atoms with E-state index in [9.17, 15) is 9.90 Å². The van der Waals surface area contributed by atoms with Gasteiger partial charge in [0.25, 0.3) is 5.91 Å². The molecule has 0 unspecified atom stereocenters. The molecule has 2 aromatic carbocycles. The summed E-state index contributed by atoms with van der Waals surface area (Å²) in [6.45, 7) is 1.81. The van der Waals surface area contributed by atoms with E-state index in [1.54, 1.807) is 18.2 Å². The van der Waals surface area contributed by atoms with Crippen LogP contribution in [0.1, 0.15) is 21.9 Å². The monoisotopic (exact) mass is 372 g/mol. The van der Waals surface area contributed by atoms with Crippen molar-refractivity contribution in [2.45, 2.75) is 6.92 Å². The Morgan fingerprint density at radius 3 is 2.61 bits per heavy atom. The Labute approximate surface area is 140 Å². The van der Waals surface area contributed by atoms with Crippen molar-refractivity contribution < 1.29 is 14.3 Å². The number of aryl methyl sites for hydroxylation is 1. The minimum atomic E-state index is -0.494. The van der Waals surface area contributed by atoms with E-state index in [0.717, 1.165) is 21.0 Å². The second-order valence-corrected chi connectivity index (χ2v) is 5.82. The highest BCUT2D eigenvalue weighted by Gasteiger charge is 2.11. The number of nitrogens with zero attached hydrogens (tertiary/aromatic N) is 1. The van der Waals surface area contributed by atoms with E-state index < -0.39 is 5.91 Å². The van der Waals surface area contributed by atoms with Crippen LogP contribution in [0.2, 0.25) is 0 Å². The summed E-state index contributed by atoms with van der Waals surface area (Å²) in [5.74, 6) is 0.655. The first-order valence-electron chi connectivity index (χ1n) is 6.85. The highest BCUT2D eigenvalue weighted by molar-refractivity contribution is 9.10. The molecule has 3 aromatic rings. The lowest BCUT2D eigenvalue weighted by Crippen LogP contribution is -2.17. The van der Waals surface area contributed by atoms with Crippen LogP contribution in [-0.2, 0) is 0 Å². The second kappa shape index (κ2) is 6.26. The van der Waals surface area contributed by atoms with E-state index in [2.05, 4.69) is 26.5 Å². The second-order valence-electron chi connectivity index (χ2n) is 4.97. The molecule has 0 saturated carbocycles. The van der Waals surface area contributed by atoms with E-state index in [1.807, 2.05) is 31.2 Å². The zero-order valence-corrected chi connectivity index (χ0v) is 13.8. The molecule has 116 valence electrons. The van der Waals surface area contributed by atoms with Gasteiger partial charge in [0.2, 0.25) is 0 Å². The first kappa shape index (κ1) is 15.3. The Morgan fingerprint density at radius 2 is 1.96 bits per heavy atom. The van der Waals surface area contributed by atoms with E-state index in [-0.39, 0.29) is 11.3 Å². The van der Waals surface area contributed by atoms with Gasteiger partial charge in [0.05, 0.1) is 16.3 Å². The van der Waals surface area contributed by atoms with E-state index in [4.69, 9.17) is 4.42 Å². The van der Waals surface area contributed by atoms with E-state index in [0.29, 0.717) is 5.76 Å².